The highest BCUT2D eigenvalue weighted by atomic mass is 15.3. The summed E-state index contributed by atoms with van der Waals surface area (Å²) in [6.45, 7) is 7.66. The lowest BCUT2D eigenvalue weighted by Crippen LogP contribution is -2.36. The fourth-order valence-corrected chi connectivity index (χ4v) is 3.04. The maximum atomic E-state index is 4.35. The second kappa shape index (κ2) is 6.37. The van der Waals surface area contributed by atoms with E-state index in [1.54, 1.807) is 0 Å². The first-order valence-electron chi connectivity index (χ1n) is 7.49. The summed E-state index contributed by atoms with van der Waals surface area (Å²) in [5.74, 6) is 0.863. The van der Waals surface area contributed by atoms with Gasteiger partial charge in [-0.15, -0.1) is 0 Å². The van der Waals surface area contributed by atoms with Gasteiger partial charge in [-0.2, -0.15) is 5.10 Å². The van der Waals surface area contributed by atoms with Gasteiger partial charge in [0, 0.05) is 30.4 Å². The van der Waals surface area contributed by atoms with Crippen LogP contribution in [-0.4, -0.2) is 15.8 Å². The van der Waals surface area contributed by atoms with E-state index in [-0.39, 0.29) is 0 Å². The van der Waals surface area contributed by atoms with Crippen LogP contribution < -0.4 is 5.32 Å². The number of rotatable bonds is 5. The molecule has 18 heavy (non-hydrogen) atoms. The molecule has 102 valence electrons. The Morgan fingerprint density at radius 2 is 2.06 bits per heavy atom. The second-order valence-electron chi connectivity index (χ2n) is 5.70. The molecule has 0 aromatic carbocycles. The minimum atomic E-state index is 0.405. The predicted octanol–water partition coefficient (Wildman–Crippen LogP) is 3.52. The van der Waals surface area contributed by atoms with Crippen LogP contribution in [0.3, 0.4) is 0 Å². The molecule has 1 aliphatic rings. The number of hydrogen-bond acceptors (Lipinski definition) is 2. The minimum absolute atomic E-state index is 0.405. The van der Waals surface area contributed by atoms with Crippen LogP contribution >= 0.6 is 0 Å². The fraction of sp³-hybridized carbons (Fsp3) is 0.800. The Bertz CT molecular complexity index is 352. The van der Waals surface area contributed by atoms with Crippen LogP contribution in [0.4, 0.5) is 0 Å². The Morgan fingerprint density at radius 3 is 2.67 bits per heavy atom. The number of hydrogen-bond donors (Lipinski definition) is 1. The normalized spacial score (nSPS) is 20.8. The molecule has 0 saturated heterocycles. The number of aryl methyl sites for hydroxylation is 1. The summed E-state index contributed by atoms with van der Waals surface area (Å²) in [6, 6.07) is 1.02. The Morgan fingerprint density at radius 1 is 1.33 bits per heavy atom. The van der Waals surface area contributed by atoms with Crippen molar-refractivity contribution in [1.29, 1.82) is 0 Å². The number of nitrogens with zero attached hydrogens (tertiary/aromatic N) is 2. The SMILES string of the molecule is CCn1cc(C(C)N[C@H](C)C2CCCCC2)cn1. The van der Waals surface area contributed by atoms with Crippen molar-refractivity contribution < 1.29 is 0 Å². The van der Waals surface area contributed by atoms with E-state index < -0.39 is 0 Å². The summed E-state index contributed by atoms with van der Waals surface area (Å²) < 4.78 is 2.00. The van der Waals surface area contributed by atoms with E-state index in [1.807, 2.05) is 10.9 Å². The zero-order valence-corrected chi connectivity index (χ0v) is 12.0. The first-order valence-corrected chi connectivity index (χ1v) is 7.49. The predicted molar refractivity (Wildman–Crippen MR) is 75.5 cm³/mol. The molecule has 1 aliphatic carbocycles. The molecule has 1 heterocycles. The van der Waals surface area contributed by atoms with Gasteiger partial charge in [-0.1, -0.05) is 19.3 Å². The van der Waals surface area contributed by atoms with Crippen molar-refractivity contribution in [2.24, 2.45) is 5.92 Å². The van der Waals surface area contributed by atoms with E-state index in [0.717, 1.165) is 12.5 Å². The number of nitrogens with one attached hydrogen (secondary N) is 1. The van der Waals surface area contributed by atoms with Gasteiger partial charge in [-0.05, 0) is 39.5 Å². The molecule has 2 atom stereocenters. The van der Waals surface area contributed by atoms with Crippen LogP contribution in [0.15, 0.2) is 12.4 Å². The average molecular weight is 249 g/mol. The highest BCUT2D eigenvalue weighted by molar-refractivity contribution is 5.09. The van der Waals surface area contributed by atoms with Crippen molar-refractivity contribution in [3.05, 3.63) is 18.0 Å². The van der Waals surface area contributed by atoms with Gasteiger partial charge in [-0.25, -0.2) is 0 Å². The monoisotopic (exact) mass is 249 g/mol. The molecule has 1 fully saturated rings. The molecule has 0 bridgehead atoms. The Kier molecular flexibility index (Phi) is 4.81. The molecule has 1 aromatic heterocycles. The molecular weight excluding hydrogens is 222 g/mol. The molecular formula is C15H27N3. The van der Waals surface area contributed by atoms with E-state index in [4.69, 9.17) is 0 Å². The smallest absolute Gasteiger partial charge is 0.0537 e. The van der Waals surface area contributed by atoms with Gasteiger partial charge in [0.05, 0.1) is 6.20 Å². The third-order valence-corrected chi connectivity index (χ3v) is 4.35. The van der Waals surface area contributed by atoms with Crippen LogP contribution in [0.5, 0.6) is 0 Å². The second-order valence-corrected chi connectivity index (χ2v) is 5.70. The molecule has 0 radical (unpaired) electrons. The first-order chi connectivity index (χ1) is 8.70. The van der Waals surface area contributed by atoms with Crippen LogP contribution in [-0.2, 0) is 6.54 Å². The molecule has 1 aromatic rings. The average Bonchev–Trinajstić information content (AvgIpc) is 2.88. The molecule has 2 rings (SSSR count). The van der Waals surface area contributed by atoms with Gasteiger partial charge in [0.15, 0.2) is 0 Å². The van der Waals surface area contributed by atoms with Crippen LogP contribution in [0.2, 0.25) is 0 Å². The third-order valence-electron chi connectivity index (χ3n) is 4.35. The summed E-state index contributed by atoms with van der Waals surface area (Å²) in [7, 11) is 0. The van der Waals surface area contributed by atoms with Crippen molar-refractivity contribution in [3.63, 3.8) is 0 Å². The minimum Gasteiger partial charge on any atom is -0.307 e. The molecule has 1 unspecified atom stereocenters. The van der Waals surface area contributed by atoms with Gasteiger partial charge >= 0.3 is 0 Å². The Labute approximate surface area is 111 Å². The topological polar surface area (TPSA) is 29.9 Å². The van der Waals surface area contributed by atoms with Crippen LogP contribution in [0.25, 0.3) is 0 Å². The molecule has 1 N–H and O–H groups in total. The molecule has 3 nitrogen and oxygen atoms in total. The molecule has 0 amide bonds. The van der Waals surface area contributed by atoms with Crippen LogP contribution in [0.1, 0.15) is 64.5 Å². The van der Waals surface area contributed by atoms with E-state index in [9.17, 15) is 0 Å². The van der Waals surface area contributed by atoms with E-state index in [0.29, 0.717) is 12.1 Å². The van der Waals surface area contributed by atoms with E-state index in [2.05, 4.69) is 37.4 Å². The molecule has 3 heteroatoms. The lowest BCUT2D eigenvalue weighted by atomic mass is 9.84. The van der Waals surface area contributed by atoms with Crippen LogP contribution in [0, 0.1) is 5.92 Å². The van der Waals surface area contributed by atoms with Crippen molar-refractivity contribution >= 4 is 0 Å². The van der Waals surface area contributed by atoms with Crippen molar-refractivity contribution in [1.82, 2.24) is 15.1 Å². The molecule has 0 aliphatic heterocycles. The largest absolute Gasteiger partial charge is 0.307 e. The highest BCUT2D eigenvalue weighted by Crippen LogP contribution is 2.27. The maximum Gasteiger partial charge on any atom is 0.0537 e. The third kappa shape index (κ3) is 3.35. The van der Waals surface area contributed by atoms with Gasteiger partial charge in [0.1, 0.15) is 0 Å². The van der Waals surface area contributed by atoms with Crippen molar-refractivity contribution in [2.45, 2.75) is 71.5 Å². The van der Waals surface area contributed by atoms with Gasteiger partial charge in [0.25, 0.3) is 0 Å². The highest BCUT2D eigenvalue weighted by Gasteiger charge is 2.21. The van der Waals surface area contributed by atoms with Gasteiger partial charge in [0.2, 0.25) is 0 Å². The summed E-state index contributed by atoms with van der Waals surface area (Å²) in [5.41, 5.74) is 1.31. The zero-order valence-electron chi connectivity index (χ0n) is 12.0. The lowest BCUT2D eigenvalue weighted by Gasteiger charge is -2.30. The quantitative estimate of drug-likeness (QED) is 0.865. The first kappa shape index (κ1) is 13.6. The van der Waals surface area contributed by atoms with Crippen molar-refractivity contribution in [2.75, 3.05) is 0 Å². The van der Waals surface area contributed by atoms with Gasteiger partial charge in [-0.3, -0.25) is 4.68 Å². The Balaban J connectivity index is 1.87. The Hall–Kier alpha value is -0.830. The van der Waals surface area contributed by atoms with Crippen molar-refractivity contribution in [3.8, 4) is 0 Å². The fourth-order valence-electron chi connectivity index (χ4n) is 3.04. The standard InChI is InChI=1S/C15H27N3/c1-4-18-11-15(10-16-18)13(3)17-12(2)14-8-6-5-7-9-14/h10-14,17H,4-9H2,1-3H3/t12-,13?/m1/s1. The number of aromatic nitrogens is 2. The molecule has 0 spiro atoms. The zero-order chi connectivity index (χ0) is 13.0. The lowest BCUT2D eigenvalue weighted by molar-refractivity contribution is 0.268. The maximum absolute atomic E-state index is 4.35. The summed E-state index contributed by atoms with van der Waals surface area (Å²) >= 11 is 0. The summed E-state index contributed by atoms with van der Waals surface area (Å²) in [4.78, 5) is 0. The van der Waals surface area contributed by atoms with E-state index in [1.165, 1.54) is 37.7 Å². The summed E-state index contributed by atoms with van der Waals surface area (Å²) in [6.07, 6.45) is 11.2. The summed E-state index contributed by atoms with van der Waals surface area (Å²) in [5, 5.41) is 8.10. The van der Waals surface area contributed by atoms with E-state index >= 15 is 0 Å². The van der Waals surface area contributed by atoms with Gasteiger partial charge < -0.3 is 5.32 Å². The molecule has 1 saturated carbocycles.